The Kier molecular flexibility index (Phi) is 10.4. The second kappa shape index (κ2) is 15.7. The Labute approximate surface area is 349 Å². The summed E-state index contributed by atoms with van der Waals surface area (Å²) in [4.78, 5) is 69.7. The molecule has 2 aliphatic carbocycles. The van der Waals surface area contributed by atoms with Gasteiger partial charge in [0.15, 0.2) is 0 Å². The first-order valence-corrected chi connectivity index (χ1v) is 21.1. The van der Waals surface area contributed by atoms with Crippen molar-refractivity contribution in [2.24, 2.45) is 22.7 Å². The lowest BCUT2D eigenvalue weighted by Crippen LogP contribution is -2.56. The second-order valence-corrected chi connectivity index (χ2v) is 17.4. The van der Waals surface area contributed by atoms with E-state index in [-0.39, 0.29) is 47.8 Å². The molecule has 2 saturated heterocycles. The fourth-order valence-corrected chi connectivity index (χ4v) is 10.3. The average molecular weight is 816 g/mol. The van der Waals surface area contributed by atoms with Gasteiger partial charge in [0, 0.05) is 31.3 Å². The van der Waals surface area contributed by atoms with Gasteiger partial charge in [-0.15, -0.1) is 0 Å². The van der Waals surface area contributed by atoms with Crippen molar-refractivity contribution in [3.05, 3.63) is 72.2 Å². The van der Waals surface area contributed by atoms with Crippen LogP contribution in [0.4, 0.5) is 15.3 Å². The van der Waals surface area contributed by atoms with Crippen LogP contribution < -0.4 is 10.6 Å². The van der Waals surface area contributed by atoms with Crippen molar-refractivity contribution in [1.29, 1.82) is 0 Å². The first kappa shape index (κ1) is 39.7. The molecule has 14 heteroatoms. The summed E-state index contributed by atoms with van der Waals surface area (Å²) >= 11 is 0. The van der Waals surface area contributed by atoms with Crippen molar-refractivity contribution in [1.82, 2.24) is 30.4 Å². The lowest BCUT2D eigenvalue weighted by Gasteiger charge is -2.37. The molecule has 9 rings (SSSR count). The molecule has 0 radical (unpaired) electrons. The zero-order valence-electron chi connectivity index (χ0n) is 34.9. The van der Waals surface area contributed by atoms with Crippen LogP contribution in [-0.4, -0.2) is 107 Å². The van der Waals surface area contributed by atoms with Gasteiger partial charge in [-0.25, -0.2) is 14.6 Å². The van der Waals surface area contributed by atoms with E-state index in [1.807, 2.05) is 29.8 Å². The molecule has 3 N–H and O–H groups in total. The summed E-state index contributed by atoms with van der Waals surface area (Å²) in [6, 6.07) is 17.6. The quantitative estimate of drug-likeness (QED) is 0.150. The number of likely N-dealkylation sites (tertiary alicyclic amines) is 2. The predicted molar refractivity (Wildman–Crippen MR) is 226 cm³/mol. The third-order valence-electron chi connectivity index (χ3n) is 13.7. The van der Waals surface area contributed by atoms with E-state index >= 15 is 0 Å². The zero-order valence-corrected chi connectivity index (χ0v) is 34.9. The van der Waals surface area contributed by atoms with Crippen LogP contribution in [0, 0.1) is 17.8 Å². The minimum absolute atomic E-state index is 0.0609. The summed E-state index contributed by atoms with van der Waals surface area (Å²) in [7, 11) is 4.12. The van der Waals surface area contributed by atoms with Crippen LogP contribution in [-0.2, 0) is 30.2 Å². The molecule has 5 aliphatic rings. The van der Waals surface area contributed by atoms with Crippen molar-refractivity contribution in [2.75, 3.05) is 21.3 Å². The molecule has 3 aliphatic heterocycles. The summed E-state index contributed by atoms with van der Waals surface area (Å²) in [6.07, 6.45) is 5.41. The number of carbonyl (C=O) groups excluding carboxylic acids is 4. The molecular weight excluding hydrogens is 763 g/mol. The molecule has 314 valence electrons. The number of aliphatic imine (C=N–C) groups is 1. The van der Waals surface area contributed by atoms with E-state index in [4.69, 9.17) is 24.2 Å². The van der Waals surface area contributed by atoms with Crippen molar-refractivity contribution < 1.29 is 33.4 Å². The van der Waals surface area contributed by atoms with E-state index < -0.39 is 30.4 Å². The molecule has 4 aromatic rings. The third kappa shape index (κ3) is 6.97. The number of hydrogen-bond donors (Lipinski definition) is 3. The number of ether oxygens (including phenoxy) is 3. The van der Waals surface area contributed by atoms with Crippen LogP contribution in [0.3, 0.4) is 0 Å². The Bertz CT molecular complexity index is 2380. The number of aromatic amines is 1. The molecule has 1 aromatic heterocycles. The van der Waals surface area contributed by atoms with Gasteiger partial charge in [-0.3, -0.25) is 14.6 Å². The smallest absolute Gasteiger partial charge is 0.407 e. The molecule has 0 spiro atoms. The van der Waals surface area contributed by atoms with Crippen LogP contribution in [0.1, 0.15) is 70.3 Å². The van der Waals surface area contributed by atoms with E-state index in [0.717, 1.165) is 82.5 Å². The maximum absolute atomic E-state index is 14.0. The topological polar surface area (TPSA) is 168 Å². The van der Waals surface area contributed by atoms with Crippen LogP contribution in [0.5, 0.6) is 0 Å². The number of piperidine rings is 2. The number of amides is 4. The molecule has 0 unspecified atom stereocenters. The number of nitrogens with zero attached hydrogens (tertiary/aromatic N) is 4. The van der Waals surface area contributed by atoms with Gasteiger partial charge in [-0.2, -0.15) is 0 Å². The molecule has 3 aromatic carbocycles. The largest absolute Gasteiger partial charge is 0.453 e. The van der Waals surface area contributed by atoms with Gasteiger partial charge < -0.3 is 39.6 Å². The average Bonchev–Trinajstić information content (AvgIpc) is 3.88. The molecule has 4 amide bonds. The number of H-pyrrole nitrogens is 1. The monoisotopic (exact) mass is 815 g/mol. The van der Waals surface area contributed by atoms with Gasteiger partial charge in [-0.1, -0.05) is 56.3 Å². The normalized spacial score (nSPS) is 25.1. The minimum Gasteiger partial charge on any atom is -0.453 e. The summed E-state index contributed by atoms with van der Waals surface area (Å²) in [6.45, 7) is 5.64. The first-order chi connectivity index (χ1) is 29.0. The Balaban J connectivity index is 0.902. The second-order valence-electron chi connectivity index (χ2n) is 17.4. The first-order valence-electron chi connectivity index (χ1n) is 21.1. The number of methoxy groups -OCH3 is 3. The fraction of sp³-hybridized carbons (Fsp3) is 0.478. The Morgan fingerprint density at radius 1 is 0.783 bits per heavy atom. The van der Waals surface area contributed by atoms with E-state index in [2.05, 4.69) is 70.2 Å². The highest BCUT2D eigenvalue weighted by Gasteiger charge is 2.57. The lowest BCUT2D eigenvalue weighted by atomic mass is 9.94. The Morgan fingerprint density at radius 3 is 2.20 bits per heavy atom. The van der Waals surface area contributed by atoms with E-state index in [9.17, 15) is 19.2 Å². The maximum atomic E-state index is 14.0. The fourth-order valence-electron chi connectivity index (χ4n) is 10.3. The number of hydrogen-bond acceptors (Lipinski definition) is 9. The number of benzene rings is 3. The number of carbonyl (C=O) groups is 4. The summed E-state index contributed by atoms with van der Waals surface area (Å²) < 4.78 is 15.1. The Morgan fingerprint density at radius 2 is 1.48 bits per heavy atom. The summed E-state index contributed by atoms with van der Waals surface area (Å²) in [5, 5.41) is 7.75. The Hall–Kier alpha value is -5.76. The maximum Gasteiger partial charge on any atom is 0.407 e. The van der Waals surface area contributed by atoms with Crippen molar-refractivity contribution in [3.8, 4) is 22.4 Å². The van der Waals surface area contributed by atoms with Gasteiger partial charge in [0.25, 0.3) is 0 Å². The summed E-state index contributed by atoms with van der Waals surface area (Å²) in [5.74, 6) is 1.14. The highest BCUT2D eigenvalue weighted by Crippen LogP contribution is 2.51. The number of rotatable bonds is 11. The van der Waals surface area contributed by atoms with E-state index in [1.54, 1.807) is 6.92 Å². The highest BCUT2D eigenvalue weighted by atomic mass is 16.5. The summed E-state index contributed by atoms with van der Waals surface area (Å²) in [5.41, 5.74) is 7.18. The number of fused-ring (bicyclic) bond motifs is 6. The molecule has 4 heterocycles. The van der Waals surface area contributed by atoms with Gasteiger partial charge in [0.05, 0.1) is 50.0 Å². The lowest BCUT2D eigenvalue weighted by molar-refractivity contribution is -0.141. The molecule has 4 fully saturated rings. The zero-order chi connectivity index (χ0) is 42.0. The number of aromatic nitrogens is 2. The van der Waals surface area contributed by atoms with Crippen LogP contribution in [0.25, 0.3) is 33.2 Å². The van der Waals surface area contributed by atoms with Crippen molar-refractivity contribution >= 4 is 46.2 Å². The predicted octanol–water partition coefficient (Wildman–Crippen LogP) is 6.71. The van der Waals surface area contributed by atoms with E-state index in [0.29, 0.717) is 12.3 Å². The van der Waals surface area contributed by atoms with Crippen molar-refractivity contribution in [3.63, 3.8) is 0 Å². The molecular formula is C46H53N7O7. The molecule has 14 nitrogen and oxygen atoms in total. The van der Waals surface area contributed by atoms with Gasteiger partial charge in [0.2, 0.25) is 11.8 Å². The highest BCUT2D eigenvalue weighted by molar-refractivity contribution is 6.06. The number of alkyl carbamates (subject to hydrolysis) is 2. The number of nitrogens with one attached hydrogen (secondary N) is 3. The molecule has 2 bridgehead atoms. The number of imidazole rings is 1. The SMILES string of the molecule is COC(=O)N[C@H](C(=O)N1[C@@H]2C[C@@H]2C[C@H]1C1=Nc2ccc3cc(-c4ccc(-c5cnc([C@@H]6[C@H]7CC[C@H](C7)N6C(=O)[C@@H](NC(=O)OC)[C@@H](C)OC)[nH]5)cc4)ccc3c2C1)C(C)C. The minimum atomic E-state index is -0.888. The molecule has 9 atom stereocenters. The van der Waals surface area contributed by atoms with Crippen LogP contribution >= 0.6 is 0 Å². The standard InChI is InChI=1S/C46H53N7O7/c1-23(2)39(50-45(56)59-5)43(54)53-37-19-30(37)20-38(53)35-21-33-32-15-12-27(17-28(32)13-16-34(33)48-35)25-7-9-26(10-8-25)36-22-47-42(49-36)41-29-11-14-31(18-29)52(41)44(55)40(24(3)58-4)51-46(57)60-6/h7-10,12-13,15-17,22-24,29-31,37-41H,11,14,18-21H2,1-6H3,(H,47,49)(H,50,56)(H,51,57)/t24-,29+,30-,31-,37-,38+,39+,40+,41+/m1/s1. The van der Waals surface area contributed by atoms with E-state index in [1.165, 1.54) is 26.9 Å². The van der Waals surface area contributed by atoms with Gasteiger partial charge in [-0.05, 0) is 102 Å². The van der Waals surface area contributed by atoms with Crippen LogP contribution in [0.2, 0.25) is 0 Å². The third-order valence-corrected chi connectivity index (χ3v) is 13.7. The van der Waals surface area contributed by atoms with Gasteiger partial charge in [0.1, 0.15) is 17.9 Å². The molecule has 2 saturated carbocycles. The molecule has 60 heavy (non-hydrogen) atoms. The van der Waals surface area contributed by atoms with Crippen LogP contribution in [0.15, 0.2) is 65.8 Å². The van der Waals surface area contributed by atoms with Crippen molar-refractivity contribution in [2.45, 2.75) is 102 Å². The van der Waals surface area contributed by atoms with Gasteiger partial charge >= 0.3 is 12.2 Å².